The summed E-state index contributed by atoms with van der Waals surface area (Å²) in [7, 11) is 0. The van der Waals surface area contributed by atoms with Crippen LogP contribution in [0, 0.1) is 5.41 Å². The lowest BCUT2D eigenvalue weighted by molar-refractivity contribution is 0.302. The largest absolute Gasteiger partial charge is 0.380 e. The monoisotopic (exact) mass is 251 g/mol. The predicted molar refractivity (Wildman–Crippen MR) is 80.0 cm³/mol. The Morgan fingerprint density at radius 1 is 1.00 bits per heavy atom. The third-order valence-electron chi connectivity index (χ3n) is 2.55. The molecule has 1 rings (SSSR count). The van der Waals surface area contributed by atoms with Gasteiger partial charge in [0.1, 0.15) is 0 Å². The van der Waals surface area contributed by atoms with E-state index in [1.807, 2.05) is 0 Å². The molecule has 0 bridgehead atoms. The van der Waals surface area contributed by atoms with Gasteiger partial charge < -0.3 is 5.32 Å². The lowest BCUT2D eigenvalue weighted by Gasteiger charge is -2.34. The number of hydrogen-bond acceptors (Lipinski definition) is 2. The molecule has 0 unspecified atom stereocenters. The smallest absolute Gasteiger partial charge is 0.0345 e. The van der Waals surface area contributed by atoms with Gasteiger partial charge in [-0.05, 0) is 56.2 Å². The molecule has 0 amide bonds. The third kappa shape index (κ3) is 5.49. The molecule has 0 aliphatic carbocycles. The Morgan fingerprint density at radius 2 is 1.53 bits per heavy atom. The van der Waals surface area contributed by atoms with E-state index in [1.165, 1.54) is 10.6 Å². The van der Waals surface area contributed by atoms with Crippen molar-refractivity contribution in [3.8, 4) is 0 Å². The standard InChI is InChI=1S/C15H25NS/c1-14(2,3)11-15(4,5)16-12-7-9-13(17-6)10-8-12/h7-10,16H,11H2,1-6H3. The Balaban J connectivity index is 2.69. The molecule has 17 heavy (non-hydrogen) atoms. The van der Waals surface area contributed by atoms with Gasteiger partial charge in [0.05, 0.1) is 0 Å². The van der Waals surface area contributed by atoms with Crippen LogP contribution in [0.2, 0.25) is 0 Å². The molecule has 1 aromatic carbocycles. The van der Waals surface area contributed by atoms with Crippen molar-refractivity contribution >= 4 is 17.4 Å². The molecule has 0 heterocycles. The first kappa shape index (κ1) is 14.4. The van der Waals surface area contributed by atoms with Crippen LogP contribution in [0.25, 0.3) is 0 Å². The summed E-state index contributed by atoms with van der Waals surface area (Å²) < 4.78 is 0. The highest BCUT2D eigenvalue weighted by Gasteiger charge is 2.24. The number of rotatable bonds is 4. The van der Waals surface area contributed by atoms with Crippen LogP contribution in [0.4, 0.5) is 5.69 Å². The molecule has 0 aliphatic rings. The lowest BCUT2D eigenvalue weighted by atomic mass is 9.81. The van der Waals surface area contributed by atoms with Crippen LogP contribution in [0.5, 0.6) is 0 Å². The van der Waals surface area contributed by atoms with Crippen molar-refractivity contribution in [2.75, 3.05) is 11.6 Å². The molecule has 0 fully saturated rings. The summed E-state index contributed by atoms with van der Waals surface area (Å²) in [5.74, 6) is 0. The number of thioether (sulfide) groups is 1. The topological polar surface area (TPSA) is 12.0 Å². The molecule has 0 spiro atoms. The Labute approximate surface area is 110 Å². The Kier molecular flexibility index (Phi) is 4.54. The second-order valence-corrected chi connectivity index (χ2v) is 7.35. The van der Waals surface area contributed by atoms with Crippen LogP contribution >= 0.6 is 11.8 Å². The summed E-state index contributed by atoms with van der Waals surface area (Å²) in [5.41, 5.74) is 1.67. The fourth-order valence-electron chi connectivity index (χ4n) is 2.44. The second kappa shape index (κ2) is 5.34. The molecule has 1 nitrogen and oxygen atoms in total. The molecule has 96 valence electrons. The maximum absolute atomic E-state index is 3.62. The van der Waals surface area contributed by atoms with Crippen molar-refractivity contribution < 1.29 is 0 Å². The molecular formula is C15H25NS. The summed E-state index contributed by atoms with van der Waals surface area (Å²) in [6.07, 6.45) is 3.25. The van der Waals surface area contributed by atoms with E-state index in [0.717, 1.165) is 6.42 Å². The molecule has 0 atom stereocenters. The Hall–Kier alpha value is -0.630. The first-order valence-corrected chi connectivity index (χ1v) is 7.37. The molecule has 0 radical (unpaired) electrons. The molecule has 0 saturated heterocycles. The van der Waals surface area contributed by atoms with E-state index >= 15 is 0 Å². The van der Waals surface area contributed by atoms with Crippen LogP contribution in [0.15, 0.2) is 29.2 Å². The van der Waals surface area contributed by atoms with Crippen molar-refractivity contribution in [2.24, 2.45) is 5.41 Å². The van der Waals surface area contributed by atoms with Gasteiger partial charge >= 0.3 is 0 Å². The fraction of sp³-hybridized carbons (Fsp3) is 0.600. The zero-order chi connectivity index (χ0) is 13.1. The summed E-state index contributed by atoms with van der Waals surface area (Å²) >= 11 is 1.78. The summed E-state index contributed by atoms with van der Waals surface area (Å²) in [6, 6.07) is 8.66. The molecule has 0 aliphatic heterocycles. The van der Waals surface area contributed by atoms with E-state index in [0.29, 0.717) is 5.41 Å². The van der Waals surface area contributed by atoms with Crippen LogP contribution in [0.1, 0.15) is 41.0 Å². The first-order valence-electron chi connectivity index (χ1n) is 6.14. The quantitative estimate of drug-likeness (QED) is 0.753. The van der Waals surface area contributed by atoms with Gasteiger partial charge in [-0.2, -0.15) is 0 Å². The average Bonchev–Trinajstić information content (AvgIpc) is 2.14. The highest BCUT2D eigenvalue weighted by Crippen LogP contribution is 2.30. The number of anilines is 1. The maximum Gasteiger partial charge on any atom is 0.0345 e. The molecule has 1 aromatic rings. The van der Waals surface area contributed by atoms with Gasteiger partial charge in [-0.1, -0.05) is 20.8 Å². The first-order chi connectivity index (χ1) is 7.72. The molecule has 0 saturated carbocycles. The van der Waals surface area contributed by atoms with E-state index in [9.17, 15) is 0 Å². The maximum atomic E-state index is 3.62. The average molecular weight is 251 g/mol. The predicted octanol–water partition coefficient (Wildman–Crippen LogP) is 5.04. The van der Waals surface area contributed by atoms with Gasteiger partial charge in [0.15, 0.2) is 0 Å². The van der Waals surface area contributed by atoms with Crippen molar-refractivity contribution in [3.05, 3.63) is 24.3 Å². The van der Waals surface area contributed by atoms with E-state index in [1.54, 1.807) is 11.8 Å². The Morgan fingerprint density at radius 3 is 1.94 bits per heavy atom. The zero-order valence-electron chi connectivity index (χ0n) is 11.9. The highest BCUT2D eigenvalue weighted by atomic mass is 32.2. The van der Waals surface area contributed by atoms with Crippen molar-refractivity contribution in [3.63, 3.8) is 0 Å². The number of hydrogen-bond donors (Lipinski definition) is 1. The van der Waals surface area contributed by atoms with Crippen molar-refractivity contribution in [2.45, 2.75) is 51.5 Å². The molecule has 2 heteroatoms. The van der Waals surface area contributed by atoms with Crippen LogP contribution in [-0.2, 0) is 0 Å². The number of benzene rings is 1. The van der Waals surface area contributed by atoms with Gasteiger partial charge in [-0.3, -0.25) is 0 Å². The molecule has 0 aromatic heterocycles. The Bertz CT molecular complexity index is 346. The normalized spacial score (nSPS) is 12.6. The second-order valence-electron chi connectivity index (χ2n) is 6.47. The van der Waals surface area contributed by atoms with Gasteiger partial charge in [0.2, 0.25) is 0 Å². The minimum absolute atomic E-state index is 0.124. The fourth-order valence-corrected chi connectivity index (χ4v) is 2.84. The summed E-state index contributed by atoms with van der Waals surface area (Å²) in [5, 5.41) is 3.62. The van der Waals surface area contributed by atoms with Gasteiger partial charge in [0, 0.05) is 16.1 Å². The highest BCUT2D eigenvalue weighted by molar-refractivity contribution is 7.98. The minimum Gasteiger partial charge on any atom is -0.380 e. The van der Waals surface area contributed by atoms with Crippen molar-refractivity contribution in [1.82, 2.24) is 0 Å². The van der Waals surface area contributed by atoms with E-state index in [2.05, 4.69) is 70.5 Å². The van der Waals surface area contributed by atoms with E-state index < -0.39 is 0 Å². The summed E-state index contributed by atoms with van der Waals surface area (Å²) in [4.78, 5) is 1.31. The van der Waals surface area contributed by atoms with Crippen LogP contribution < -0.4 is 5.32 Å². The lowest BCUT2D eigenvalue weighted by Crippen LogP contribution is -2.35. The van der Waals surface area contributed by atoms with Gasteiger partial charge in [0.25, 0.3) is 0 Å². The van der Waals surface area contributed by atoms with Crippen molar-refractivity contribution in [1.29, 1.82) is 0 Å². The van der Waals surface area contributed by atoms with E-state index in [-0.39, 0.29) is 5.54 Å². The zero-order valence-corrected chi connectivity index (χ0v) is 12.7. The molecular weight excluding hydrogens is 226 g/mol. The van der Waals surface area contributed by atoms with E-state index in [4.69, 9.17) is 0 Å². The SMILES string of the molecule is CSc1ccc(NC(C)(C)CC(C)(C)C)cc1. The molecule has 1 N–H and O–H groups in total. The van der Waals surface area contributed by atoms with Gasteiger partial charge in [-0.25, -0.2) is 0 Å². The van der Waals surface area contributed by atoms with Gasteiger partial charge in [-0.15, -0.1) is 11.8 Å². The third-order valence-corrected chi connectivity index (χ3v) is 3.29. The summed E-state index contributed by atoms with van der Waals surface area (Å²) in [6.45, 7) is 11.4. The van der Waals surface area contributed by atoms with Crippen LogP contribution in [0.3, 0.4) is 0 Å². The number of nitrogens with one attached hydrogen (secondary N) is 1. The minimum atomic E-state index is 0.124. The van der Waals surface area contributed by atoms with Crippen LogP contribution in [-0.4, -0.2) is 11.8 Å².